The van der Waals surface area contributed by atoms with Crippen LogP contribution in [0.4, 0.5) is 0 Å². The first kappa shape index (κ1) is 12.2. The van der Waals surface area contributed by atoms with Crippen LogP contribution in [0.25, 0.3) is 0 Å². The fourth-order valence-electron chi connectivity index (χ4n) is 4.60. The normalized spacial score (nSPS) is 40.0. The van der Waals surface area contributed by atoms with Crippen molar-refractivity contribution < 1.29 is 8.85 Å². The molecule has 3 unspecified atom stereocenters. The van der Waals surface area contributed by atoms with Crippen molar-refractivity contribution in [2.45, 2.75) is 57.0 Å². The molecule has 0 saturated carbocycles. The van der Waals surface area contributed by atoms with Gasteiger partial charge in [-0.2, -0.15) is 0 Å². The van der Waals surface area contributed by atoms with Gasteiger partial charge in [-0.3, -0.25) is 4.99 Å². The molecule has 1 aliphatic carbocycles. The van der Waals surface area contributed by atoms with E-state index in [0.29, 0.717) is 17.4 Å². The SMILES string of the molecule is [2H]C([2H])([2H])C1=NC2OC3=C([C@@H]4NCC=C5C(C)=CSC54)CCC=C3C2CC1. The van der Waals surface area contributed by atoms with Crippen molar-refractivity contribution in [3.63, 3.8) is 0 Å². The Kier molecular flexibility index (Phi) is 2.85. The fraction of sp³-hybridized carbons (Fsp3) is 0.550. The van der Waals surface area contributed by atoms with E-state index in [-0.39, 0.29) is 18.2 Å². The van der Waals surface area contributed by atoms with Gasteiger partial charge in [-0.05, 0) is 67.2 Å². The van der Waals surface area contributed by atoms with Gasteiger partial charge in [0.25, 0.3) is 0 Å². The minimum atomic E-state index is -2.11. The molecule has 0 bridgehead atoms. The molecule has 0 radical (unpaired) electrons. The van der Waals surface area contributed by atoms with Gasteiger partial charge in [-0.1, -0.05) is 12.2 Å². The van der Waals surface area contributed by atoms with Crippen molar-refractivity contribution in [1.29, 1.82) is 0 Å². The van der Waals surface area contributed by atoms with E-state index < -0.39 is 6.85 Å². The number of nitrogens with one attached hydrogen (secondary N) is 1. The second-order valence-corrected chi connectivity index (χ2v) is 8.20. The van der Waals surface area contributed by atoms with Crippen LogP contribution < -0.4 is 5.32 Å². The highest BCUT2D eigenvalue weighted by atomic mass is 32.2. The Balaban J connectivity index is 1.48. The summed E-state index contributed by atoms with van der Waals surface area (Å²) in [4.78, 5) is 4.51. The minimum absolute atomic E-state index is 0.205. The van der Waals surface area contributed by atoms with E-state index in [2.05, 4.69) is 34.8 Å². The standard InChI is InChI=1S/C20H24N2OS/c1-11-10-24-19-13(11)8-9-21-17(19)16-5-3-4-14-15-7-6-12(2)22-20(15)23-18(14)16/h4,8,10,15,17,19-21H,3,5-7,9H2,1-2H3/t15?,17-,19?,20?/m0/s1/i2D3. The van der Waals surface area contributed by atoms with Crippen LogP contribution in [-0.2, 0) is 4.74 Å². The number of thioether (sulfide) groups is 1. The first-order valence-corrected chi connectivity index (χ1v) is 9.81. The predicted molar refractivity (Wildman–Crippen MR) is 100 cm³/mol. The maximum Gasteiger partial charge on any atom is 0.196 e. The zero-order valence-corrected chi connectivity index (χ0v) is 14.7. The van der Waals surface area contributed by atoms with Crippen LogP contribution in [0.1, 0.15) is 43.6 Å². The van der Waals surface area contributed by atoms with Crippen LogP contribution in [0, 0.1) is 5.92 Å². The van der Waals surface area contributed by atoms with Crippen molar-refractivity contribution in [2.75, 3.05) is 6.54 Å². The Morgan fingerprint density at radius 2 is 2.29 bits per heavy atom. The molecular weight excluding hydrogens is 316 g/mol. The van der Waals surface area contributed by atoms with Gasteiger partial charge >= 0.3 is 0 Å². The van der Waals surface area contributed by atoms with Crippen LogP contribution in [0.3, 0.4) is 0 Å². The first-order chi connectivity index (χ1) is 12.9. The maximum atomic E-state index is 7.68. The van der Waals surface area contributed by atoms with E-state index in [9.17, 15) is 0 Å². The zero-order chi connectivity index (χ0) is 18.8. The van der Waals surface area contributed by atoms with Gasteiger partial charge in [0.2, 0.25) is 0 Å². The number of hydrogen-bond acceptors (Lipinski definition) is 4. The molecule has 1 N–H and O–H groups in total. The molecule has 0 aromatic heterocycles. The van der Waals surface area contributed by atoms with E-state index in [1.807, 2.05) is 11.8 Å². The smallest absolute Gasteiger partial charge is 0.196 e. The Bertz CT molecular complexity index is 837. The highest BCUT2D eigenvalue weighted by Crippen LogP contribution is 2.48. The Morgan fingerprint density at radius 1 is 1.33 bits per heavy atom. The monoisotopic (exact) mass is 343 g/mol. The molecule has 5 aliphatic rings. The lowest BCUT2D eigenvalue weighted by Crippen LogP contribution is -2.44. The van der Waals surface area contributed by atoms with Crippen LogP contribution in [-0.4, -0.2) is 29.8 Å². The number of aliphatic imine (C=N–C) groups is 1. The third-order valence-corrected chi connectivity index (χ3v) is 7.09. The van der Waals surface area contributed by atoms with Crippen LogP contribution >= 0.6 is 11.8 Å². The van der Waals surface area contributed by atoms with E-state index in [0.717, 1.165) is 31.6 Å². The molecule has 1 saturated heterocycles. The Morgan fingerprint density at radius 3 is 3.21 bits per heavy atom. The van der Waals surface area contributed by atoms with Gasteiger partial charge in [-0.15, -0.1) is 11.8 Å². The molecule has 3 nitrogen and oxygen atoms in total. The number of hydrogen-bond donors (Lipinski definition) is 1. The van der Waals surface area contributed by atoms with Crippen LogP contribution in [0.5, 0.6) is 0 Å². The van der Waals surface area contributed by atoms with Crippen molar-refractivity contribution in [3.8, 4) is 0 Å². The molecule has 0 spiro atoms. The van der Waals surface area contributed by atoms with E-state index in [4.69, 9.17) is 8.85 Å². The molecule has 126 valence electrons. The summed E-state index contributed by atoms with van der Waals surface area (Å²) in [6, 6.07) is 0.272. The molecule has 4 aliphatic heterocycles. The summed E-state index contributed by atoms with van der Waals surface area (Å²) in [7, 11) is 0. The second-order valence-electron chi connectivity index (χ2n) is 7.18. The van der Waals surface area contributed by atoms with Gasteiger partial charge in [0, 0.05) is 28.3 Å². The number of nitrogens with zero attached hydrogens (tertiary/aromatic N) is 1. The molecule has 4 heteroatoms. The molecule has 24 heavy (non-hydrogen) atoms. The van der Waals surface area contributed by atoms with Gasteiger partial charge in [0.1, 0.15) is 5.76 Å². The molecule has 0 aromatic rings. The highest BCUT2D eigenvalue weighted by Gasteiger charge is 2.44. The topological polar surface area (TPSA) is 33.6 Å². The maximum absolute atomic E-state index is 7.68. The average Bonchev–Trinajstić information content (AvgIpc) is 3.21. The zero-order valence-electron chi connectivity index (χ0n) is 16.8. The molecule has 0 aromatic carbocycles. The van der Waals surface area contributed by atoms with E-state index in [1.54, 1.807) is 0 Å². The molecule has 0 amide bonds. The van der Waals surface area contributed by atoms with Crippen molar-refractivity contribution >= 4 is 17.5 Å². The van der Waals surface area contributed by atoms with Gasteiger partial charge in [-0.25, -0.2) is 0 Å². The Hall–Kier alpha value is -1.26. The van der Waals surface area contributed by atoms with Gasteiger partial charge in [0.15, 0.2) is 6.23 Å². The second kappa shape index (κ2) is 5.63. The van der Waals surface area contributed by atoms with Crippen LogP contribution in [0.2, 0.25) is 0 Å². The summed E-state index contributed by atoms with van der Waals surface area (Å²) in [6.07, 6.45) is 7.61. The lowest BCUT2D eigenvalue weighted by atomic mass is 9.82. The predicted octanol–water partition coefficient (Wildman–Crippen LogP) is 4.11. The summed E-state index contributed by atoms with van der Waals surface area (Å²) in [5, 5.41) is 6.36. The van der Waals surface area contributed by atoms with Crippen molar-refractivity contribution in [1.82, 2.24) is 5.32 Å². The third-order valence-electron chi connectivity index (χ3n) is 5.78. The molecule has 4 heterocycles. The number of ether oxygens (including phenoxy) is 1. The highest BCUT2D eigenvalue weighted by molar-refractivity contribution is 8.03. The third kappa shape index (κ3) is 2.19. The largest absolute Gasteiger partial charge is 0.468 e. The molecular formula is C20H24N2OS. The first-order valence-electron chi connectivity index (χ1n) is 10.4. The summed E-state index contributed by atoms with van der Waals surface area (Å²) in [5.74, 6) is 1.20. The summed E-state index contributed by atoms with van der Waals surface area (Å²) >= 11 is 1.90. The fourth-order valence-corrected chi connectivity index (χ4v) is 5.93. The van der Waals surface area contributed by atoms with Crippen molar-refractivity contribution in [3.05, 3.63) is 45.6 Å². The minimum Gasteiger partial charge on any atom is -0.468 e. The summed E-state index contributed by atoms with van der Waals surface area (Å²) in [5.41, 5.74) is 5.75. The lowest BCUT2D eigenvalue weighted by molar-refractivity contribution is 0.128. The van der Waals surface area contributed by atoms with E-state index in [1.165, 1.54) is 22.3 Å². The average molecular weight is 344 g/mol. The number of fused-ring (bicyclic) bond motifs is 4. The van der Waals surface area contributed by atoms with E-state index >= 15 is 0 Å². The van der Waals surface area contributed by atoms with Crippen LogP contribution in [0.15, 0.2) is 50.6 Å². The number of rotatable bonds is 1. The molecule has 4 atom stereocenters. The molecule has 1 fully saturated rings. The number of allylic oxidation sites excluding steroid dienone is 3. The summed E-state index contributed by atoms with van der Waals surface area (Å²) < 4.78 is 29.4. The summed E-state index contributed by atoms with van der Waals surface area (Å²) in [6.45, 7) is 0.963. The molecule has 5 rings (SSSR count). The van der Waals surface area contributed by atoms with Crippen molar-refractivity contribution in [2.24, 2.45) is 10.9 Å². The lowest BCUT2D eigenvalue weighted by Gasteiger charge is -2.33. The van der Waals surface area contributed by atoms with Gasteiger partial charge < -0.3 is 10.1 Å². The quantitative estimate of drug-likeness (QED) is 0.778. The van der Waals surface area contributed by atoms with Gasteiger partial charge in [0.05, 0.1) is 5.25 Å². The Labute approximate surface area is 152 Å².